The summed E-state index contributed by atoms with van der Waals surface area (Å²) in [5, 5.41) is 5.79. The maximum atomic E-state index is 12.3. The molecule has 0 radical (unpaired) electrons. The summed E-state index contributed by atoms with van der Waals surface area (Å²) in [6.45, 7) is 6.41. The van der Waals surface area contributed by atoms with Gasteiger partial charge in [0.1, 0.15) is 0 Å². The summed E-state index contributed by atoms with van der Waals surface area (Å²) in [6, 6.07) is 5.51. The van der Waals surface area contributed by atoms with E-state index in [1.54, 1.807) is 13.0 Å². The van der Waals surface area contributed by atoms with Crippen LogP contribution in [-0.4, -0.2) is 42.9 Å². The molecule has 1 aromatic rings. The Morgan fingerprint density at radius 2 is 1.92 bits per heavy atom. The van der Waals surface area contributed by atoms with Crippen LogP contribution in [-0.2, 0) is 9.59 Å². The van der Waals surface area contributed by atoms with Crippen LogP contribution in [0.4, 0.5) is 11.4 Å². The quantitative estimate of drug-likeness (QED) is 0.743. The molecule has 1 aliphatic rings. The number of nitrogens with zero attached hydrogens (tertiary/aromatic N) is 1. The number of amides is 2. The monoisotopic (exact) mass is 332 g/mol. The molecule has 0 bridgehead atoms. The van der Waals surface area contributed by atoms with Crippen LogP contribution in [0.2, 0.25) is 0 Å². The van der Waals surface area contributed by atoms with Crippen molar-refractivity contribution in [2.75, 3.05) is 36.8 Å². The van der Waals surface area contributed by atoms with Crippen molar-refractivity contribution in [1.82, 2.24) is 4.90 Å². The number of rotatable bonds is 6. The van der Waals surface area contributed by atoms with Crippen molar-refractivity contribution in [3.05, 3.63) is 23.8 Å². The molecule has 132 valence electrons. The summed E-state index contributed by atoms with van der Waals surface area (Å²) in [7, 11) is 0. The van der Waals surface area contributed by atoms with E-state index in [9.17, 15) is 9.59 Å². The lowest BCUT2D eigenvalue weighted by atomic mass is 10.1. The van der Waals surface area contributed by atoms with E-state index in [1.165, 1.54) is 6.42 Å². The first kappa shape index (κ1) is 18.4. The number of likely N-dealkylation sites (tertiary alicyclic amines) is 1. The van der Waals surface area contributed by atoms with E-state index in [2.05, 4.69) is 15.5 Å². The molecule has 1 aromatic carbocycles. The van der Waals surface area contributed by atoms with Gasteiger partial charge in [0.15, 0.2) is 0 Å². The second kappa shape index (κ2) is 8.80. The molecule has 24 heavy (non-hydrogen) atoms. The van der Waals surface area contributed by atoms with Gasteiger partial charge in [-0.25, -0.2) is 0 Å². The third kappa shape index (κ3) is 5.32. The average Bonchev–Trinajstić information content (AvgIpc) is 2.57. The SMILES string of the molecule is Cc1ccc(NC(=O)C(C)CN)cc1NC(=O)CN1CCCCC1. The summed E-state index contributed by atoms with van der Waals surface area (Å²) in [6.07, 6.45) is 3.57. The molecule has 1 atom stereocenters. The molecule has 1 saturated heterocycles. The summed E-state index contributed by atoms with van der Waals surface area (Å²) in [5.74, 6) is -0.380. The lowest BCUT2D eigenvalue weighted by Crippen LogP contribution is -2.36. The number of nitrogens with two attached hydrogens (primary N) is 1. The highest BCUT2D eigenvalue weighted by Gasteiger charge is 2.15. The van der Waals surface area contributed by atoms with Crippen molar-refractivity contribution in [2.45, 2.75) is 33.1 Å². The lowest BCUT2D eigenvalue weighted by Gasteiger charge is -2.25. The summed E-state index contributed by atoms with van der Waals surface area (Å²) < 4.78 is 0. The van der Waals surface area contributed by atoms with Crippen LogP contribution < -0.4 is 16.4 Å². The van der Waals surface area contributed by atoms with Crippen LogP contribution in [0.5, 0.6) is 0 Å². The van der Waals surface area contributed by atoms with Gasteiger partial charge in [-0.1, -0.05) is 19.4 Å². The molecule has 1 heterocycles. The van der Waals surface area contributed by atoms with Crippen LogP contribution in [0.3, 0.4) is 0 Å². The van der Waals surface area contributed by atoms with Gasteiger partial charge >= 0.3 is 0 Å². The summed E-state index contributed by atoms with van der Waals surface area (Å²) >= 11 is 0. The first-order valence-electron chi connectivity index (χ1n) is 8.63. The van der Waals surface area contributed by atoms with Gasteiger partial charge in [-0.2, -0.15) is 0 Å². The van der Waals surface area contributed by atoms with E-state index in [4.69, 9.17) is 5.73 Å². The minimum Gasteiger partial charge on any atom is -0.330 e. The Hall–Kier alpha value is -1.92. The molecular weight excluding hydrogens is 304 g/mol. The molecular formula is C18H28N4O2. The van der Waals surface area contributed by atoms with Gasteiger partial charge in [0, 0.05) is 23.8 Å². The van der Waals surface area contributed by atoms with E-state index < -0.39 is 0 Å². The van der Waals surface area contributed by atoms with Crippen molar-refractivity contribution >= 4 is 23.2 Å². The molecule has 4 N–H and O–H groups in total. The molecule has 0 saturated carbocycles. The van der Waals surface area contributed by atoms with Crippen molar-refractivity contribution in [1.29, 1.82) is 0 Å². The molecule has 1 fully saturated rings. The second-order valence-electron chi connectivity index (χ2n) is 6.54. The van der Waals surface area contributed by atoms with Crippen molar-refractivity contribution < 1.29 is 9.59 Å². The molecule has 2 amide bonds. The highest BCUT2D eigenvalue weighted by atomic mass is 16.2. The van der Waals surface area contributed by atoms with Crippen molar-refractivity contribution in [2.24, 2.45) is 11.7 Å². The Morgan fingerprint density at radius 3 is 2.58 bits per heavy atom. The molecule has 1 unspecified atom stereocenters. The molecule has 0 aromatic heterocycles. The molecule has 1 aliphatic heterocycles. The van der Waals surface area contributed by atoms with E-state index in [1.807, 2.05) is 19.1 Å². The standard InChI is InChI=1S/C18H28N4O2/c1-13-6-7-15(20-18(24)14(2)11-19)10-16(13)21-17(23)12-22-8-4-3-5-9-22/h6-7,10,14H,3-5,8-9,11-12,19H2,1-2H3,(H,20,24)(H,21,23). The number of nitrogens with one attached hydrogen (secondary N) is 2. The summed E-state index contributed by atoms with van der Waals surface area (Å²) in [5.41, 5.74) is 7.88. The number of hydrogen-bond acceptors (Lipinski definition) is 4. The number of benzene rings is 1. The number of hydrogen-bond donors (Lipinski definition) is 3. The normalized spacial score (nSPS) is 16.5. The molecule has 6 heteroatoms. The Kier molecular flexibility index (Phi) is 6.75. The van der Waals surface area contributed by atoms with Gasteiger partial charge in [0.2, 0.25) is 11.8 Å². The van der Waals surface area contributed by atoms with Crippen molar-refractivity contribution in [3.8, 4) is 0 Å². The van der Waals surface area contributed by atoms with Crippen LogP contribution in [0.1, 0.15) is 31.7 Å². The first-order valence-corrected chi connectivity index (χ1v) is 8.63. The third-order valence-electron chi connectivity index (χ3n) is 4.40. The van der Waals surface area contributed by atoms with Gasteiger partial charge in [-0.05, 0) is 50.6 Å². The minimum absolute atomic E-state index is 0.0150. The maximum Gasteiger partial charge on any atom is 0.238 e. The number of aryl methyl sites for hydroxylation is 1. The van der Waals surface area contributed by atoms with E-state index in [0.717, 1.165) is 37.2 Å². The van der Waals surface area contributed by atoms with Crippen LogP contribution >= 0.6 is 0 Å². The first-order chi connectivity index (χ1) is 11.5. The smallest absolute Gasteiger partial charge is 0.238 e. The number of piperidine rings is 1. The summed E-state index contributed by atoms with van der Waals surface area (Å²) in [4.78, 5) is 26.4. The van der Waals surface area contributed by atoms with E-state index in [0.29, 0.717) is 18.8 Å². The zero-order valence-corrected chi connectivity index (χ0v) is 14.6. The predicted molar refractivity (Wildman–Crippen MR) is 96.9 cm³/mol. The van der Waals surface area contributed by atoms with Crippen LogP contribution in [0.25, 0.3) is 0 Å². The Bertz CT molecular complexity index is 582. The van der Waals surface area contributed by atoms with Gasteiger partial charge in [0.05, 0.1) is 6.54 Å². The largest absolute Gasteiger partial charge is 0.330 e. The maximum absolute atomic E-state index is 12.3. The molecule has 0 spiro atoms. The molecule has 2 rings (SSSR count). The topological polar surface area (TPSA) is 87.5 Å². The fourth-order valence-corrected chi connectivity index (χ4v) is 2.72. The number of carbonyl (C=O) groups excluding carboxylic acids is 2. The molecule has 6 nitrogen and oxygen atoms in total. The van der Waals surface area contributed by atoms with Crippen molar-refractivity contribution in [3.63, 3.8) is 0 Å². The highest BCUT2D eigenvalue weighted by Crippen LogP contribution is 2.21. The van der Waals surface area contributed by atoms with Crippen LogP contribution in [0, 0.1) is 12.8 Å². The predicted octanol–water partition coefficient (Wildman–Crippen LogP) is 1.95. The minimum atomic E-state index is -0.247. The highest BCUT2D eigenvalue weighted by molar-refractivity contribution is 5.96. The fraction of sp³-hybridized carbons (Fsp3) is 0.556. The van der Waals surface area contributed by atoms with Gasteiger partial charge in [-0.3, -0.25) is 14.5 Å². The van der Waals surface area contributed by atoms with Gasteiger partial charge < -0.3 is 16.4 Å². The zero-order chi connectivity index (χ0) is 17.5. The molecule has 0 aliphatic carbocycles. The number of carbonyl (C=O) groups is 2. The second-order valence-corrected chi connectivity index (χ2v) is 6.54. The fourth-order valence-electron chi connectivity index (χ4n) is 2.72. The van der Waals surface area contributed by atoms with Gasteiger partial charge in [0.25, 0.3) is 0 Å². The van der Waals surface area contributed by atoms with Crippen LogP contribution in [0.15, 0.2) is 18.2 Å². The lowest BCUT2D eigenvalue weighted by molar-refractivity contribution is -0.119. The third-order valence-corrected chi connectivity index (χ3v) is 4.40. The van der Waals surface area contributed by atoms with Gasteiger partial charge in [-0.15, -0.1) is 0 Å². The Morgan fingerprint density at radius 1 is 1.21 bits per heavy atom. The Balaban J connectivity index is 1.97. The zero-order valence-electron chi connectivity index (χ0n) is 14.6. The Labute approximate surface area is 143 Å². The van der Waals surface area contributed by atoms with E-state index in [-0.39, 0.29) is 17.7 Å². The average molecular weight is 332 g/mol. The van der Waals surface area contributed by atoms with E-state index >= 15 is 0 Å². The number of anilines is 2.